The SMILES string of the molecule is CC(=O)Nc1ccc(SCC(=O)Nc2ccc(C)c(C(F)(F)F)c2)cc1. The molecule has 138 valence electrons. The van der Waals surface area contributed by atoms with E-state index in [1.165, 1.54) is 37.7 Å². The Labute approximate surface area is 153 Å². The van der Waals surface area contributed by atoms with Crippen LogP contribution in [0.3, 0.4) is 0 Å². The molecule has 0 aliphatic carbocycles. The second-order valence-electron chi connectivity index (χ2n) is 5.57. The number of benzene rings is 2. The number of hydrogen-bond acceptors (Lipinski definition) is 3. The Balaban J connectivity index is 1.94. The number of carbonyl (C=O) groups is 2. The topological polar surface area (TPSA) is 58.2 Å². The van der Waals surface area contributed by atoms with Crippen molar-refractivity contribution < 1.29 is 22.8 Å². The molecule has 0 saturated heterocycles. The van der Waals surface area contributed by atoms with E-state index in [1.54, 1.807) is 24.3 Å². The standard InChI is InChI=1S/C18H17F3N2O2S/c1-11-3-4-14(9-16(11)18(19,20)21)23-17(25)10-26-15-7-5-13(6-8-15)22-12(2)24/h3-9H,10H2,1-2H3,(H,22,24)(H,23,25). The molecule has 0 heterocycles. The summed E-state index contributed by atoms with van der Waals surface area (Å²) < 4.78 is 38.7. The molecule has 0 bridgehead atoms. The lowest BCUT2D eigenvalue weighted by molar-refractivity contribution is -0.138. The molecule has 2 aromatic carbocycles. The largest absolute Gasteiger partial charge is 0.416 e. The van der Waals surface area contributed by atoms with E-state index in [0.717, 1.165) is 11.0 Å². The highest BCUT2D eigenvalue weighted by molar-refractivity contribution is 8.00. The van der Waals surface area contributed by atoms with Gasteiger partial charge in [0.2, 0.25) is 11.8 Å². The average Bonchev–Trinajstić information content (AvgIpc) is 2.54. The predicted octanol–water partition coefficient (Wildman–Crippen LogP) is 4.70. The predicted molar refractivity (Wildman–Crippen MR) is 96.3 cm³/mol. The maximum absolute atomic E-state index is 12.9. The van der Waals surface area contributed by atoms with Crippen LogP contribution in [0.5, 0.6) is 0 Å². The first kappa shape index (κ1) is 19.8. The van der Waals surface area contributed by atoms with Crippen LogP contribution in [-0.4, -0.2) is 17.6 Å². The summed E-state index contributed by atoms with van der Waals surface area (Å²) in [6.45, 7) is 2.77. The summed E-state index contributed by atoms with van der Waals surface area (Å²) in [6.07, 6.45) is -4.46. The van der Waals surface area contributed by atoms with Crippen molar-refractivity contribution in [2.24, 2.45) is 0 Å². The highest BCUT2D eigenvalue weighted by Crippen LogP contribution is 2.33. The molecule has 26 heavy (non-hydrogen) atoms. The lowest BCUT2D eigenvalue weighted by Gasteiger charge is -2.12. The van der Waals surface area contributed by atoms with Gasteiger partial charge in [-0.3, -0.25) is 9.59 Å². The quantitative estimate of drug-likeness (QED) is 0.737. The van der Waals surface area contributed by atoms with Gasteiger partial charge in [0.05, 0.1) is 11.3 Å². The first-order chi connectivity index (χ1) is 12.1. The molecule has 0 saturated carbocycles. The van der Waals surface area contributed by atoms with E-state index in [-0.39, 0.29) is 22.9 Å². The molecule has 0 aliphatic rings. The zero-order valence-electron chi connectivity index (χ0n) is 14.1. The molecule has 0 radical (unpaired) electrons. The summed E-state index contributed by atoms with van der Waals surface area (Å²) in [6, 6.07) is 10.6. The number of thioether (sulfide) groups is 1. The molecule has 2 rings (SSSR count). The second-order valence-corrected chi connectivity index (χ2v) is 6.62. The molecule has 0 unspecified atom stereocenters. The molecule has 0 aromatic heterocycles. The number of rotatable bonds is 5. The third-order valence-electron chi connectivity index (χ3n) is 3.37. The van der Waals surface area contributed by atoms with E-state index >= 15 is 0 Å². The van der Waals surface area contributed by atoms with E-state index in [0.29, 0.717) is 5.69 Å². The van der Waals surface area contributed by atoms with Crippen LogP contribution >= 0.6 is 11.8 Å². The molecule has 4 nitrogen and oxygen atoms in total. The fourth-order valence-corrected chi connectivity index (χ4v) is 2.89. The van der Waals surface area contributed by atoms with Gasteiger partial charge in [-0.2, -0.15) is 13.2 Å². The van der Waals surface area contributed by atoms with Gasteiger partial charge in [-0.1, -0.05) is 6.07 Å². The highest BCUT2D eigenvalue weighted by Gasteiger charge is 2.32. The first-order valence-electron chi connectivity index (χ1n) is 7.63. The lowest BCUT2D eigenvalue weighted by Crippen LogP contribution is -2.15. The smallest absolute Gasteiger partial charge is 0.326 e. The maximum atomic E-state index is 12.9. The summed E-state index contributed by atoms with van der Waals surface area (Å²) in [5, 5.41) is 5.10. The Bertz CT molecular complexity index is 805. The van der Waals surface area contributed by atoms with Gasteiger partial charge in [-0.25, -0.2) is 0 Å². The van der Waals surface area contributed by atoms with Gasteiger partial charge < -0.3 is 10.6 Å². The van der Waals surface area contributed by atoms with Crippen molar-refractivity contribution in [1.82, 2.24) is 0 Å². The number of anilines is 2. The Morgan fingerprint density at radius 1 is 1.00 bits per heavy atom. The molecule has 0 spiro atoms. The normalized spacial score (nSPS) is 11.1. The van der Waals surface area contributed by atoms with Gasteiger partial charge in [0, 0.05) is 23.2 Å². The molecular formula is C18H17F3N2O2S. The van der Waals surface area contributed by atoms with E-state index in [1.807, 2.05) is 0 Å². The first-order valence-corrected chi connectivity index (χ1v) is 8.62. The minimum absolute atomic E-state index is 0.0503. The fraction of sp³-hybridized carbons (Fsp3) is 0.222. The van der Waals surface area contributed by atoms with Gasteiger partial charge in [0.15, 0.2) is 0 Å². The molecule has 8 heteroatoms. The van der Waals surface area contributed by atoms with Crippen molar-refractivity contribution in [2.75, 3.05) is 16.4 Å². The maximum Gasteiger partial charge on any atom is 0.416 e. The fourth-order valence-electron chi connectivity index (χ4n) is 2.19. The van der Waals surface area contributed by atoms with Crippen molar-refractivity contribution >= 4 is 35.0 Å². The third kappa shape index (κ3) is 5.80. The Morgan fingerprint density at radius 2 is 1.62 bits per heavy atom. The number of aryl methyl sites for hydroxylation is 1. The van der Waals surface area contributed by atoms with Crippen LogP contribution in [0, 0.1) is 6.92 Å². The molecule has 2 N–H and O–H groups in total. The monoisotopic (exact) mass is 382 g/mol. The zero-order valence-corrected chi connectivity index (χ0v) is 14.9. The van der Waals surface area contributed by atoms with Crippen LogP contribution in [0.4, 0.5) is 24.5 Å². The van der Waals surface area contributed by atoms with Crippen molar-refractivity contribution in [3.8, 4) is 0 Å². The summed E-state index contributed by atoms with van der Waals surface area (Å²) in [7, 11) is 0. The molecule has 2 amide bonds. The van der Waals surface area contributed by atoms with Crippen molar-refractivity contribution in [1.29, 1.82) is 0 Å². The molecule has 0 atom stereocenters. The van der Waals surface area contributed by atoms with Crippen LogP contribution in [0.15, 0.2) is 47.4 Å². The van der Waals surface area contributed by atoms with E-state index < -0.39 is 17.6 Å². The molecular weight excluding hydrogens is 365 g/mol. The third-order valence-corrected chi connectivity index (χ3v) is 4.38. The van der Waals surface area contributed by atoms with Crippen LogP contribution in [0.25, 0.3) is 0 Å². The number of amides is 2. The lowest BCUT2D eigenvalue weighted by atomic mass is 10.1. The van der Waals surface area contributed by atoms with Gasteiger partial charge in [0.1, 0.15) is 0 Å². The van der Waals surface area contributed by atoms with Crippen molar-refractivity contribution in [2.45, 2.75) is 24.9 Å². The van der Waals surface area contributed by atoms with Crippen LogP contribution in [0.1, 0.15) is 18.1 Å². The van der Waals surface area contributed by atoms with Crippen molar-refractivity contribution in [3.63, 3.8) is 0 Å². The Morgan fingerprint density at radius 3 is 2.19 bits per heavy atom. The number of alkyl halides is 3. The summed E-state index contributed by atoms with van der Waals surface area (Å²) in [5.74, 6) is -0.534. The van der Waals surface area contributed by atoms with Crippen molar-refractivity contribution in [3.05, 3.63) is 53.6 Å². The number of carbonyl (C=O) groups excluding carboxylic acids is 2. The highest BCUT2D eigenvalue weighted by atomic mass is 32.2. The van der Waals surface area contributed by atoms with E-state index in [2.05, 4.69) is 10.6 Å². The second kappa shape index (κ2) is 8.27. The van der Waals surface area contributed by atoms with Crippen LogP contribution in [-0.2, 0) is 15.8 Å². The number of halogens is 3. The minimum Gasteiger partial charge on any atom is -0.326 e. The zero-order chi connectivity index (χ0) is 19.3. The average molecular weight is 382 g/mol. The van der Waals surface area contributed by atoms with E-state index in [9.17, 15) is 22.8 Å². The summed E-state index contributed by atoms with van der Waals surface area (Å²) in [4.78, 5) is 23.7. The Kier molecular flexibility index (Phi) is 6.31. The minimum atomic E-state index is -4.46. The van der Waals surface area contributed by atoms with E-state index in [4.69, 9.17) is 0 Å². The number of hydrogen-bond donors (Lipinski definition) is 2. The van der Waals surface area contributed by atoms with Gasteiger partial charge >= 0.3 is 6.18 Å². The van der Waals surface area contributed by atoms with Crippen LogP contribution < -0.4 is 10.6 Å². The molecule has 0 fully saturated rings. The van der Waals surface area contributed by atoms with Gasteiger partial charge in [-0.15, -0.1) is 11.8 Å². The van der Waals surface area contributed by atoms with Gasteiger partial charge in [-0.05, 0) is 48.9 Å². The summed E-state index contributed by atoms with van der Waals surface area (Å²) >= 11 is 1.24. The van der Waals surface area contributed by atoms with Crippen LogP contribution in [0.2, 0.25) is 0 Å². The molecule has 2 aromatic rings. The summed E-state index contributed by atoms with van der Waals surface area (Å²) in [5.41, 5.74) is 0.0841. The number of nitrogens with one attached hydrogen (secondary N) is 2. The molecule has 0 aliphatic heterocycles. The Hall–Kier alpha value is -2.48. The van der Waals surface area contributed by atoms with Gasteiger partial charge in [0.25, 0.3) is 0 Å².